The molecule has 6 heteroatoms. The largest absolute Gasteiger partial charge is 0.382 e. The molecule has 2 aromatic rings. The summed E-state index contributed by atoms with van der Waals surface area (Å²) in [5.41, 5.74) is 0.883. The number of hydrogen-bond donors (Lipinski definition) is 2. The summed E-state index contributed by atoms with van der Waals surface area (Å²) in [6.07, 6.45) is 0. The van der Waals surface area contributed by atoms with Gasteiger partial charge < -0.3 is 14.8 Å². The van der Waals surface area contributed by atoms with E-state index in [9.17, 15) is 4.79 Å². The molecular weight excluding hydrogens is 234 g/mol. The number of ether oxygens (including phenoxy) is 2. The van der Waals surface area contributed by atoms with Gasteiger partial charge in [0.15, 0.2) is 5.82 Å². The zero-order valence-corrected chi connectivity index (χ0v) is 10.1. The summed E-state index contributed by atoms with van der Waals surface area (Å²) in [5.74, 6) is 0.286. The Morgan fingerprint density at radius 2 is 2.22 bits per heavy atom. The number of H-pyrrole nitrogens is 1. The molecule has 0 aliphatic heterocycles. The van der Waals surface area contributed by atoms with Crippen LogP contribution >= 0.6 is 0 Å². The number of fused-ring (bicyclic) bond motifs is 1. The van der Waals surface area contributed by atoms with E-state index in [0.717, 1.165) is 10.9 Å². The maximum Gasteiger partial charge on any atom is 0.251 e. The Morgan fingerprint density at radius 1 is 1.39 bits per heavy atom. The normalized spacial score (nSPS) is 10.7. The first-order chi connectivity index (χ1) is 8.81. The van der Waals surface area contributed by atoms with Crippen molar-refractivity contribution < 1.29 is 14.3 Å². The number of para-hydroxylation sites is 1. The molecule has 18 heavy (non-hydrogen) atoms. The second-order valence-electron chi connectivity index (χ2n) is 3.71. The number of methoxy groups -OCH3 is 1. The molecular formula is C12H15N3O3. The Balaban J connectivity index is 1.91. The standard InChI is InChI=1S/C12H15N3O3/c1-17-6-7-18-8-11(16)13-12-9-4-2-3-5-10(9)14-15-12/h2-5H,6-8H2,1H3,(H2,13,14,15,16). The third-order valence-corrected chi connectivity index (χ3v) is 2.39. The van der Waals surface area contributed by atoms with E-state index in [2.05, 4.69) is 15.5 Å². The van der Waals surface area contributed by atoms with Gasteiger partial charge in [0, 0.05) is 12.5 Å². The molecule has 0 saturated carbocycles. The summed E-state index contributed by atoms with van der Waals surface area (Å²) in [6.45, 7) is 0.856. The van der Waals surface area contributed by atoms with Gasteiger partial charge in [-0.15, -0.1) is 0 Å². The highest BCUT2D eigenvalue weighted by Crippen LogP contribution is 2.19. The van der Waals surface area contributed by atoms with Crippen LogP contribution in [0.1, 0.15) is 0 Å². The highest BCUT2D eigenvalue weighted by atomic mass is 16.5. The van der Waals surface area contributed by atoms with Crippen LogP contribution in [0.4, 0.5) is 5.82 Å². The SMILES string of the molecule is COCCOCC(=O)Nc1n[nH]c2ccccc12. The van der Waals surface area contributed by atoms with Gasteiger partial charge in [0.05, 0.1) is 18.7 Å². The number of aromatic amines is 1. The maximum absolute atomic E-state index is 11.6. The number of nitrogens with one attached hydrogen (secondary N) is 2. The van der Waals surface area contributed by atoms with Crippen LogP contribution in [0, 0.1) is 0 Å². The number of carbonyl (C=O) groups excluding carboxylic acids is 1. The average molecular weight is 249 g/mol. The van der Waals surface area contributed by atoms with Crippen molar-refractivity contribution in [3.05, 3.63) is 24.3 Å². The molecule has 2 rings (SSSR count). The number of anilines is 1. The van der Waals surface area contributed by atoms with E-state index in [1.807, 2.05) is 24.3 Å². The van der Waals surface area contributed by atoms with Crippen LogP contribution in [-0.2, 0) is 14.3 Å². The van der Waals surface area contributed by atoms with Crippen LogP contribution in [0.15, 0.2) is 24.3 Å². The molecule has 0 aliphatic rings. The highest BCUT2D eigenvalue weighted by Gasteiger charge is 2.08. The topological polar surface area (TPSA) is 76.2 Å². The number of nitrogens with zero attached hydrogens (tertiary/aromatic N) is 1. The summed E-state index contributed by atoms with van der Waals surface area (Å²) >= 11 is 0. The van der Waals surface area contributed by atoms with Gasteiger partial charge in [0.2, 0.25) is 0 Å². The summed E-state index contributed by atoms with van der Waals surface area (Å²) in [7, 11) is 1.58. The molecule has 0 atom stereocenters. The van der Waals surface area contributed by atoms with Crippen LogP contribution in [0.3, 0.4) is 0 Å². The molecule has 6 nitrogen and oxygen atoms in total. The van der Waals surface area contributed by atoms with E-state index in [1.165, 1.54) is 0 Å². The number of rotatable bonds is 6. The van der Waals surface area contributed by atoms with Gasteiger partial charge in [-0.3, -0.25) is 9.89 Å². The first-order valence-electron chi connectivity index (χ1n) is 5.61. The van der Waals surface area contributed by atoms with Gasteiger partial charge in [-0.25, -0.2) is 0 Å². The summed E-state index contributed by atoms with van der Waals surface area (Å²) < 4.78 is 9.93. The van der Waals surface area contributed by atoms with Gasteiger partial charge in [-0.2, -0.15) is 5.10 Å². The average Bonchev–Trinajstić information content (AvgIpc) is 2.78. The molecule has 1 heterocycles. The van der Waals surface area contributed by atoms with Crippen LogP contribution in [0.5, 0.6) is 0 Å². The van der Waals surface area contributed by atoms with Crippen molar-refractivity contribution in [3.63, 3.8) is 0 Å². The van der Waals surface area contributed by atoms with Crippen molar-refractivity contribution in [1.82, 2.24) is 10.2 Å². The molecule has 0 radical (unpaired) electrons. The Labute approximate surface area is 104 Å². The Kier molecular flexibility index (Phi) is 4.27. The Morgan fingerprint density at radius 3 is 3.06 bits per heavy atom. The first kappa shape index (κ1) is 12.5. The number of aromatic nitrogens is 2. The number of hydrogen-bond acceptors (Lipinski definition) is 4. The molecule has 1 amide bonds. The molecule has 0 fully saturated rings. The number of benzene rings is 1. The fourth-order valence-corrected chi connectivity index (χ4v) is 1.53. The van der Waals surface area contributed by atoms with Crippen LogP contribution in [0.2, 0.25) is 0 Å². The molecule has 2 N–H and O–H groups in total. The molecule has 1 aromatic heterocycles. The molecule has 0 aliphatic carbocycles. The van der Waals surface area contributed by atoms with E-state index in [4.69, 9.17) is 9.47 Å². The Bertz CT molecular complexity index is 524. The van der Waals surface area contributed by atoms with E-state index < -0.39 is 0 Å². The van der Waals surface area contributed by atoms with Gasteiger partial charge in [0.1, 0.15) is 6.61 Å². The lowest BCUT2D eigenvalue weighted by molar-refractivity contribution is -0.121. The van der Waals surface area contributed by atoms with Crippen molar-refractivity contribution in [1.29, 1.82) is 0 Å². The van der Waals surface area contributed by atoms with Gasteiger partial charge in [0.25, 0.3) is 5.91 Å². The van der Waals surface area contributed by atoms with Gasteiger partial charge in [-0.1, -0.05) is 12.1 Å². The van der Waals surface area contributed by atoms with Crippen LogP contribution in [-0.4, -0.2) is 43.0 Å². The summed E-state index contributed by atoms with van der Waals surface area (Å²) in [5, 5.41) is 10.5. The van der Waals surface area contributed by atoms with Crippen LogP contribution < -0.4 is 5.32 Å². The minimum atomic E-state index is -0.233. The number of amides is 1. The smallest absolute Gasteiger partial charge is 0.251 e. The van der Waals surface area contributed by atoms with Crippen LogP contribution in [0.25, 0.3) is 10.9 Å². The molecule has 0 spiro atoms. The fraction of sp³-hybridized carbons (Fsp3) is 0.333. The minimum Gasteiger partial charge on any atom is -0.382 e. The number of carbonyl (C=O) groups is 1. The van der Waals surface area contributed by atoms with Crippen molar-refractivity contribution >= 4 is 22.6 Å². The lowest BCUT2D eigenvalue weighted by Gasteiger charge is -2.03. The quantitative estimate of drug-likeness (QED) is 0.753. The molecule has 0 saturated heterocycles. The Hall–Kier alpha value is -1.92. The minimum absolute atomic E-state index is 0.00938. The summed E-state index contributed by atoms with van der Waals surface area (Å²) in [6, 6.07) is 7.58. The fourth-order valence-electron chi connectivity index (χ4n) is 1.53. The van der Waals surface area contributed by atoms with Crippen molar-refractivity contribution in [2.75, 3.05) is 32.2 Å². The van der Waals surface area contributed by atoms with Gasteiger partial charge >= 0.3 is 0 Å². The van der Waals surface area contributed by atoms with Gasteiger partial charge in [-0.05, 0) is 12.1 Å². The highest BCUT2D eigenvalue weighted by molar-refractivity contribution is 5.99. The second-order valence-corrected chi connectivity index (χ2v) is 3.71. The molecule has 96 valence electrons. The third kappa shape index (κ3) is 3.06. The lowest BCUT2D eigenvalue weighted by Crippen LogP contribution is -2.19. The van der Waals surface area contributed by atoms with E-state index in [-0.39, 0.29) is 12.5 Å². The zero-order chi connectivity index (χ0) is 12.8. The van der Waals surface area contributed by atoms with Crippen molar-refractivity contribution in [3.8, 4) is 0 Å². The van der Waals surface area contributed by atoms with Crippen molar-refractivity contribution in [2.45, 2.75) is 0 Å². The lowest BCUT2D eigenvalue weighted by atomic mass is 10.2. The van der Waals surface area contributed by atoms with E-state index in [1.54, 1.807) is 7.11 Å². The second kappa shape index (κ2) is 6.13. The molecule has 0 unspecified atom stereocenters. The first-order valence-corrected chi connectivity index (χ1v) is 5.61. The predicted molar refractivity (Wildman–Crippen MR) is 67.4 cm³/mol. The molecule has 1 aromatic carbocycles. The van der Waals surface area contributed by atoms with E-state index in [0.29, 0.717) is 19.0 Å². The zero-order valence-electron chi connectivity index (χ0n) is 10.1. The maximum atomic E-state index is 11.6. The summed E-state index contributed by atoms with van der Waals surface area (Å²) in [4.78, 5) is 11.6. The monoisotopic (exact) mass is 249 g/mol. The van der Waals surface area contributed by atoms with E-state index >= 15 is 0 Å². The van der Waals surface area contributed by atoms with Crippen molar-refractivity contribution in [2.24, 2.45) is 0 Å². The predicted octanol–water partition coefficient (Wildman–Crippen LogP) is 1.16. The molecule has 0 bridgehead atoms. The third-order valence-electron chi connectivity index (χ3n) is 2.39.